The highest BCUT2D eigenvalue weighted by atomic mass is 16.5. The molecule has 8 nitrogen and oxygen atoms in total. The summed E-state index contributed by atoms with van der Waals surface area (Å²) in [6, 6.07) is 14.7. The number of aromatic carboxylic acids is 1. The summed E-state index contributed by atoms with van der Waals surface area (Å²) in [6.07, 6.45) is 1.37. The number of benzene rings is 2. The van der Waals surface area contributed by atoms with E-state index >= 15 is 0 Å². The number of nitrogens with one attached hydrogen (secondary N) is 2. The Kier molecular flexibility index (Phi) is 5.94. The molecule has 8 heteroatoms. The number of para-hydroxylation sites is 2. The summed E-state index contributed by atoms with van der Waals surface area (Å²) in [4.78, 5) is 23.0. The Balaban J connectivity index is 1.63. The molecule has 0 spiro atoms. The molecule has 2 amide bonds. The minimum absolute atomic E-state index is 0.213. The number of carbonyl (C=O) groups excluding carboxylic acids is 1. The number of hydrogen-bond donors (Lipinski definition) is 3. The predicted octanol–water partition coefficient (Wildman–Crippen LogP) is 4.12. The van der Waals surface area contributed by atoms with Gasteiger partial charge in [-0.1, -0.05) is 18.2 Å². The van der Waals surface area contributed by atoms with Gasteiger partial charge in [-0.15, -0.1) is 0 Å². The third-order valence-electron chi connectivity index (χ3n) is 4.08. The topological polar surface area (TPSA) is 113 Å². The molecule has 3 aromatic rings. The van der Waals surface area contributed by atoms with Crippen LogP contribution in [0.3, 0.4) is 0 Å². The molecule has 3 rings (SSSR count). The van der Waals surface area contributed by atoms with Crippen LogP contribution in [0.25, 0.3) is 11.3 Å². The number of rotatable bonds is 6. The van der Waals surface area contributed by atoms with E-state index < -0.39 is 12.0 Å². The maximum Gasteiger partial charge on any atom is 0.339 e. The first kappa shape index (κ1) is 19.7. The molecule has 0 unspecified atom stereocenters. The summed E-state index contributed by atoms with van der Waals surface area (Å²) in [7, 11) is 1.52. The van der Waals surface area contributed by atoms with Crippen LogP contribution in [0.1, 0.15) is 21.7 Å². The second kappa shape index (κ2) is 8.75. The van der Waals surface area contributed by atoms with Crippen LogP contribution in [-0.2, 0) is 0 Å². The Morgan fingerprint density at radius 2 is 1.93 bits per heavy atom. The van der Waals surface area contributed by atoms with Crippen LogP contribution >= 0.6 is 0 Å². The Labute approximate surface area is 166 Å². The van der Waals surface area contributed by atoms with Crippen molar-refractivity contribution in [2.24, 2.45) is 5.10 Å². The Bertz CT molecular complexity index is 1070. The average molecular weight is 393 g/mol. The Morgan fingerprint density at radius 1 is 1.14 bits per heavy atom. The van der Waals surface area contributed by atoms with Gasteiger partial charge in [0.2, 0.25) is 0 Å². The molecule has 0 saturated carbocycles. The number of nitrogens with zero attached hydrogens (tertiary/aromatic N) is 1. The number of furan rings is 1. The summed E-state index contributed by atoms with van der Waals surface area (Å²) in [5.41, 5.74) is 4.63. The number of carboxylic acids is 1. The van der Waals surface area contributed by atoms with E-state index in [1.807, 2.05) is 6.92 Å². The van der Waals surface area contributed by atoms with Crippen LogP contribution in [0.4, 0.5) is 10.5 Å². The van der Waals surface area contributed by atoms with Crippen molar-refractivity contribution in [2.45, 2.75) is 6.92 Å². The Hall–Kier alpha value is -4.07. The smallest absolute Gasteiger partial charge is 0.339 e. The molecule has 148 valence electrons. The van der Waals surface area contributed by atoms with Gasteiger partial charge in [0.15, 0.2) is 0 Å². The van der Waals surface area contributed by atoms with Crippen molar-refractivity contribution in [1.29, 1.82) is 0 Å². The predicted molar refractivity (Wildman–Crippen MR) is 109 cm³/mol. The Morgan fingerprint density at radius 3 is 2.66 bits per heavy atom. The minimum atomic E-state index is -0.982. The zero-order valence-electron chi connectivity index (χ0n) is 15.8. The van der Waals surface area contributed by atoms with Crippen LogP contribution in [0.2, 0.25) is 0 Å². The number of hydrazone groups is 1. The second-order valence-corrected chi connectivity index (χ2v) is 6.06. The molecule has 29 heavy (non-hydrogen) atoms. The first-order valence-electron chi connectivity index (χ1n) is 8.65. The molecular weight excluding hydrogens is 374 g/mol. The van der Waals surface area contributed by atoms with Gasteiger partial charge in [0, 0.05) is 5.56 Å². The van der Waals surface area contributed by atoms with Gasteiger partial charge >= 0.3 is 12.0 Å². The lowest BCUT2D eigenvalue weighted by atomic mass is 10.0. The monoisotopic (exact) mass is 393 g/mol. The molecular formula is C21H19N3O5. The van der Waals surface area contributed by atoms with Crippen molar-refractivity contribution in [3.63, 3.8) is 0 Å². The molecule has 0 fully saturated rings. The quantitative estimate of drug-likeness (QED) is 0.431. The van der Waals surface area contributed by atoms with Crippen molar-refractivity contribution in [3.05, 3.63) is 71.5 Å². The van der Waals surface area contributed by atoms with E-state index in [0.29, 0.717) is 23.0 Å². The molecule has 3 N–H and O–H groups in total. The van der Waals surface area contributed by atoms with Crippen LogP contribution in [0, 0.1) is 6.92 Å². The average Bonchev–Trinajstić information content (AvgIpc) is 3.16. The number of hydrogen-bond acceptors (Lipinski definition) is 5. The van der Waals surface area contributed by atoms with Gasteiger partial charge in [-0.3, -0.25) is 0 Å². The van der Waals surface area contributed by atoms with Crippen molar-refractivity contribution in [1.82, 2.24) is 5.43 Å². The van der Waals surface area contributed by atoms with E-state index in [-0.39, 0.29) is 5.56 Å². The minimum Gasteiger partial charge on any atom is -0.495 e. The third kappa shape index (κ3) is 4.81. The number of methoxy groups -OCH3 is 1. The third-order valence-corrected chi connectivity index (χ3v) is 4.08. The summed E-state index contributed by atoms with van der Waals surface area (Å²) in [5.74, 6) is 0.551. The van der Waals surface area contributed by atoms with E-state index in [2.05, 4.69) is 15.8 Å². The van der Waals surface area contributed by atoms with E-state index in [0.717, 1.165) is 11.1 Å². The van der Waals surface area contributed by atoms with Crippen LogP contribution in [0.5, 0.6) is 5.75 Å². The van der Waals surface area contributed by atoms with Crippen molar-refractivity contribution >= 4 is 23.9 Å². The fourth-order valence-corrected chi connectivity index (χ4v) is 2.69. The van der Waals surface area contributed by atoms with E-state index in [1.54, 1.807) is 48.5 Å². The lowest BCUT2D eigenvalue weighted by molar-refractivity contribution is 0.0696. The highest BCUT2D eigenvalue weighted by Gasteiger charge is 2.10. The molecule has 0 aliphatic rings. The molecule has 0 atom stereocenters. The fraction of sp³-hybridized carbons (Fsp3) is 0.0952. The molecule has 1 heterocycles. The number of carboxylic acid groups (broad SMARTS) is 1. The first-order chi connectivity index (χ1) is 14.0. The summed E-state index contributed by atoms with van der Waals surface area (Å²) >= 11 is 0. The number of carbonyl (C=O) groups is 2. The van der Waals surface area contributed by atoms with Gasteiger partial charge in [0.25, 0.3) is 0 Å². The maximum atomic E-state index is 12.0. The normalized spacial score (nSPS) is 10.7. The number of anilines is 1. The number of urea groups is 1. The highest BCUT2D eigenvalue weighted by Crippen LogP contribution is 2.26. The molecule has 0 aliphatic heterocycles. The zero-order chi connectivity index (χ0) is 20.8. The number of amides is 2. The largest absolute Gasteiger partial charge is 0.495 e. The number of ether oxygens (including phenoxy) is 1. The second-order valence-electron chi connectivity index (χ2n) is 6.06. The molecule has 0 saturated heterocycles. The standard InChI is InChI=1S/C21H19N3O5/c1-13-11-14(20(25)26)7-9-16(13)18-10-8-15(29-18)12-22-24-21(27)23-17-5-3-4-6-19(17)28-2/h3-12H,1-2H3,(H,25,26)(H2,23,24,27)/b22-12+. The van der Waals surface area contributed by atoms with Crippen molar-refractivity contribution < 1.29 is 23.8 Å². The van der Waals surface area contributed by atoms with Gasteiger partial charge in [-0.05, 0) is 48.9 Å². The molecule has 0 aliphatic carbocycles. The van der Waals surface area contributed by atoms with Crippen LogP contribution in [0.15, 0.2) is 64.1 Å². The molecule has 1 aromatic heterocycles. The van der Waals surface area contributed by atoms with E-state index in [1.165, 1.54) is 19.4 Å². The first-order valence-corrected chi connectivity index (χ1v) is 8.65. The van der Waals surface area contributed by atoms with Crippen molar-refractivity contribution in [3.8, 4) is 17.1 Å². The lowest BCUT2D eigenvalue weighted by Gasteiger charge is -2.08. The van der Waals surface area contributed by atoms with Gasteiger partial charge in [-0.25, -0.2) is 15.0 Å². The van der Waals surface area contributed by atoms with E-state index in [4.69, 9.17) is 14.3 Å². The van der Waals surface area contributed by atoms with Crippen LogP contribution in [-0.4, -0.2) is 30.4 Å². The zero-order valence-corrected chi connectivity index (χ0v) is 15.8. The van der Waals surface area contributed by atoms with Gasteiger partial charge < -0.3 is 19.6 Å². The summed E-state index contributed by atoms with van der Waals surface area (Å²) in [6.45, 7) is 1.81. The highest BCUT2D eigenvalue weighted by molar-refractivity contribution is 5.91. The van der Waals surface area contributed by atoms with Crippen molar-refractivity contribution in [2.75, 3.05) is 12.4 Å². The van der Waals surface area contributed by atoms with Gasteiger partial charge in [-0.2, -0.15) is 5.10 Å². The molecule has 0 radical (unpaired) electrons. The number of aryl methyl sites for hydroxylation is 1. The summed E-state index contributed by atoms with van der Waals surface area (Å²) < 4.78 is 10.9. The fourth-order valence-electron chi connectivity index (χ4n) is 2.69. The maximum absolute atomic E-state index is 12.0. The van der Waals surface area contributed by atoms with Crippen LogP contribution < -0.4 is 15.5 Å². The SMILES string of the molecule is COc1ccccc1NC(=O)N/N=C/c1ccc(-c2ccc(C(=O)O)cc2C)o1. The molecule has 0 bridgehead atoms. The van der Waals surface area contributed by atoms with Gasteiger partial charge in [0.1, 0.15) is 17.3 Å². The van der Waals surface area contributed by atoms with Gasteiger partial charge in [0.05, 0.1) is 24.6 Å². The summed E-state index contributed by atoms with van der Waals surface area (Å²) in [5, 5.41) is 15.5. The molecule has 2 aromatic carbocycles. The van der Waals surface area contributed by atoms with E-state index in [9.17, 15) is 9.59 Å². The lowest BCUT2D eigenvalue weighted by Crippen LogP contribution is -2.24.